The van der Waals surface area contributed by atoms with Crippen LogP contribution in [0.5, 0.6) is 0 Å². The van der Waals surface area contributed by atoms with Gasteiger partial charge >= 0.3 is 0 Å². The second-order valence-corrected chi connectivity index (χ2v) is 6.04. The van der Waals surface area contributed by atoms with Crippen molar-refractivity contribution in [1.29, 1.82) is 0 Å². The van der Waals surface area contributed by atoms with Crippen LogP contribution in [0.25, 0.3) is 0 Å². The molecule has 0 amide bonds. The molecule has 1 aliphatic carbocycles. The average Bonchev–Trinajstić information content (AvgIpc) is 2.74. The molecule has 1 saturated carbocycles. The Bertz CT molecular complexity index is 364. The molecule has 1 aliphatic rings. The highest BCUT2D eigenvalue weighted by atomic mass is 14.9. The molecule has 19 heavy (non-hydrogen) atoms. The molecule has 0 heterocycles. The number of aryl methyl sites for hydroxylation is 1. The first kappa shape index (κ1) is 14.6. The van der Waals surface area contributed by atoms with Gasteiger partial charge in [0.1, 0.15) is 0 Å². The second kappa shape index (κ2) is 7.69. The SMILES string of the molecule is CCc1ccccc1CN[C@H](C)C1CCCCCC1. The molecule has 106 valence electrons. The second-order valence-electron chi connectivity index (χ2n) is 6.04. The predicted molar refractivity (Wildman–Crippen MR) is 83.3 cm³/mol. The molecule has 0 unspecified atom stereocenters. The fraction of sp³-hybridized carbons (Fsp3) is 0.667. The standard InChI is InChI=1S/C18H29N/c1-3-16-10-8-9-13-18(16)14-19-15(2)17-11-6-4-5-7-12-17/h8-10,13,15,17,19H,3-7,11-12,14H2,1-2H3/t15-/m1/s1. The van der Waals surface area contributed by atoms with E-state index in [0.29, 0.717) is 6.04 Å². The van der Waals surface area contributed by atoms with Crippen LogP contribution in [0.2, 0.25) is 0 Å². The molecule has 1 aromatic rings. The molecular formula is C18H29N. The van der Waals surface area contributed by atoms with Gasteiger partial charge in [-0.2, -0.15) is 0 Å². The van der Waals surface area contributed by atoms with E-state index in [9.17, 15) is 0 Å². The van der Waals surface area contributed by atoms with Crippen molar-refractivity contribution < 1.29 is 0 Å². The van der Waals surface area contributed by atoms with Gasteiger partial charge in [-0.05, 0) is 43.2 Å². The predicted octanol–water partition coefficient (Wildman–Crippen LogP) is 4.70. The van der Waals surface area contributed by atoms with Crippen LogP contribution in [-0.4, -0.2) is 6.04 Å². The zero-order chi connectivity index (χ0) is 13.5. The Labute approximate surface area is 118 Å². The molecule has 0 bridgehead atoms. The summed E-state index contributed by atoms with van der Waals surface area (Å²) in [5.74, 6) is 0.885. The number of rotatable bonds is 5. The number of hydrogen-bond acceptors (Lipinski definition) is 1. The maximum absolute atomic E-state index is 3.77. The van der Waals surface area contributed by atoms with Crippen LogP contribution in [0.15, 0.2) is 24.3 Å². The van der Waals surface area contributed by atoms with Crippen molar-refractivity contribution in [2.75, 3.05) is 0 Å². The van der Waals surface area contributed by atoms with Gasteiger partial charge in [-0.15, -0.1) is 0 Å². The van der Waals surface area contributed by atoms with Crippen molar-refractivity contribution in [1.82, 2.24) is 5.32 Å². The molecular weight excluding hydrogens is 230 g/mol. The smallest absolute Gasteiger partial charge is 0.0210 e. The highest BCUT2D eigenvalue weighted by Crippen LogP contribution is 2.25. The summed E-state index contributed by atoms with van der Waals surface area (Å²) in [7, 11) is 0. The molecule has 0 aliphatic heterocycles. The van der Waals surface area contributed by atoms with Crippen molar-refractivity contribution in [3.05, 3.63) is 35.4 Å². The van der Waals surface area contributed by atoms with Crippen molar-refractivity contribution in [2.24, 2.45) is 5.92 Å². The Morgan fingerprint density at radius 1 is 1.05 bits per heavy atom. The fourth-order valence-electron chi connectivity index (χ4n) is 3.32. The van der Waals surface area contributed by atoms with Gasteiger partial charge in [-0.25, -0.2) is 0 Å². The van der Waals surface area contributed by atoms with Gasteiger partial charge in [0, 0.05) is 12.6 Å². The van der Waals surface area contributed by atoms with Gasteiger partial charge in [-0.1, -0.05) is 56.9 Å². The van der Waals surface area contributed by atoms with Gasteiger partial charge in [-0.3, -0.25) is 0 Å². The van der Waals surface area contributed by atoms with E-state index in [2.05, 4.69) is 43.4 Å². The first-order valence-electron chi connectivity index (χ1n) is 8.11. The zero-order valence-corrected chi connectivity index (χ0v) is 12.6. The summed E-state index contributed by atoms with van der Waals surface area (Å²) < 4.78 is 0. The van der Waals surface area contributed by atoms with Gasteiger partial charge in [0.2, 0.25) is 0 Å². The normalized spacial score (nSPS) is 19.1. The summed E-state index contributed by atoms with van der Waals surface area (Å²) >= 11 is 0. The van der Waals surface area contributed by atoms with E-state index in [4.69, 9.17) is 0 Å². The summed E-state index contributed by atoms with van der Waals surface area (Å²) in [5, 5.41) is 3.77. The van der Waals surface area contributed by atoms with E-state index < -0.39 is 0 Å². The Morgan fingerprint density at radius 2 is 1.68 bits per heavy atom. The summed E-state index contributed by atoms with van der Waals surface area (Å²) in [4.78, 5) is 0. The zero-order valence-electron chi connectivity index (χ0n) is 12.6. The minimum atomic E-state index is 0.656. The first-order chi connectivity index (χ1) is 9.31. The molecule has 1 aromatic carbocycles. The fourth-order valence-corrected chi connectivity index (χ4v) is 3.32. The average molecular weight is 259 g/mol. The Morgan fingerprint density at radius 3 is 2.32 bits per heavy atom. The third kappa shape index (κ3) is 4.35. The quantitative estimate of drug-likeness (QED) is 0.756. The van der Waals surface area contributed by atoms with Crippen LogP contribution in [0.4, 0.5) is 0 Å². The number of nitrogens with one attached hydrogen (secondary N) is 1. The Balaban J connectivity index is 1.86. The van der Waals surface area contributed by atoms with E-state index in [1.807, 2.05) is 0 Å². The van der Waals surface area contributed by atoms with E-state index in [1.54, 1.807) is 0 Å². The molecule has 1 nitrogen and oxygen atoms in total. The minimum Gasteiger partial charge on any atom is -0.310 e. The summed E-state index contributed by atoms with van der Waals surface area (Å²) in [5.41, 5.74) is 2.97. The lowest BCUT2D eigenvalue weighted by Gasteiger charge is -2.24. The van der Waals surface area contributed by atoms with Crippen molar-refractivity contribution in [3.8, 4) is 0 Å². The van der Waals surface area contributed by atoms with Crippen LogP contribution in [-0.2, 0) is 13.0 Å². The minimum absolute atomic E-state index is 0.656. The number of hydrogen-bond donors (Lipinski definition) is 1. The summed E-state index contributed by atoms with van der Waals surface area (Å²) in [6, 6.07) is 9.49. The van der Waals surface area contributed by atoms with Gasteiger partial charge in [0.05, 0.1) is 0 Å². The summed E-state index contributed by atoms with van der Waals surface area (Å²) in [6.45, 7) is 5.65. The van der Waals surface area contributed by atoms with Gasteiger partial charge in [0.15, 0.2) is 0 Å². The molecule has 1 fully saturated rings. The lowest BCUT2D eigenvalue weighted by molar-refractivity contribution is 0.336. The molecule has 2 rings (SSSR count). The number of benzene rings is 1. The molecule has 1 heteroatoms. The summed E-state index contributed by atoms with van der Waals surface area (Å²) in [6.07, 6.45) is 9.73. The Hall–Kier alpha value is -0.820. The highest BCUT2D eigenvalue weighted by Gasteiger charge is 2.18. The maximum atomic E-state index is 3.77. The molecule has 1 N–H and O–H groups in total. The third-order valence-corrected chi connectivity index (χ3v) is 4.72. The van der Waals surface area contributed by atoms with Crippen molar-refractivity contribution in [2.45, 2.75) is 71.4 Å². The molecule has 0 aromatic heterocycles. The first-order valence-corrected chi connectivity index (χ1v) is 8.11. The highest BCUT2D eigenvalue weighted by molar-refractivity contribution is 5.26. The third-order valence-electron chi connectivity index (χ3n) is 4.72. The lowest BCUT2D eigenvalue weighted by atomic mass is 9.92. The van der Waals surface area contributed by atoms with Crippen LogP contribution >= 0.6 is 0 Å². The maximum Gasteiger partial charge on any atom is 0.0210 e. The van der Waals surface area contributed by atoms with Crippen LogP contribution in [0, 0.1) is 5.92 Å². The van der Waals surface area contributed by atoms with Crippen molar-refractivity contribution >= 4 is 0 Å². The van der Waals surface area contributed by atoms with Gasteiger partial charge in [0.25, 0.3) is 0 Å². The van der Waals surface area contributed by atoms with Crippen LogP contribution in [0.1, 0.15) is 63.5 Å². The van der Waals surface area contributed by atoms with Gasteiger partial charge < -0.3 is 5.32 Å². The van der Waals surface area contributed by atoms with Crippen LogP contribution < -0.4 is 5.32 Å². The van der Waals surface area contributed by atoms with Crippen molar-refractivity contribution in [3.63, 3.8) is 0 Å². The molecule has 0 spiro atoms. The van der Waals surface area contributed by atoms with E-state index in [-0.39, 0.29) is 0 Å². The lowest BCUT2D eigenvalue weighted by Crippen LogP contribution is -2.33. The van der Waals surface area contributed by atoms with E-state index in [1.165, 1.54) is 49.7 Å². The van der Waals surface area contributed by atoms with E-state index >= 15 is 0 Å². The monoisotopic (exact) mass is 259 g/mol. The molecule has 1 atom stereocenters. The topological polar surface area (TPSA) is 12.0 Å². The molecule has 0 radical (unpaired) electrons. The molecule has 0 saturated heterocycles. The largest absolute Gasteiger partial charge is 0.310 e. The van der Waals surface area contributed by atoms with Crippen LogP contribution in [0.3, 0.4) is 0 Å². The Kier molecular flexibility index (Phi) is 5.91. The van der Waals surface area contributed by atoms with E-state index in [0.717, 1.165) is 18.9 Å².